The molecule has 10 heteroatoms. The Kier molecular flexibility index (Phi) is 5.06. The van der Waals surface area contributed by atoms with Gasteiger partial charge in [-0.1, -0.05) is 6.07 Å². The summed E-state index contributed by atoms with van der Waals surface area (Å²) in [6.07, 6.45) is 9.56. The zero-order valence-electron chi connectivity index (χ0n) is 19.5. The van der Waals surface area contributed by atoms with Crippen LogP contribution in [-0.2, 0) is 11.3 Å². The van der Waals surface area contributed by atoms with Gasteiger partial charge in [-0.15, -0.1) is 0 Å². The summed E-state index contributed by atoms with van der Waals surface area (Å²) in [5.74, 6) is 0.378. The molecule has 1 saturated heterocycles. The van der Waals surface area contributed by atoms with E-state index in [-0.39, 0.29) is 23.9 Å². The van der Waals surface area contributed by atoms with Gasteiger partial charge in [0.15, 0.2) is 5.65 Å². The Morgan fingerprint density at radius 3 is 2.63 bits per heavy atom. The lowest BCUT2D eigenvalue weighted by Crippen LogP contribution is -2.50. The molecule has 10 nitrogen and oxygen atoms in total. The molecule has 0 atom stereocenters. The van der Waals surface area contributed by atoms with Crippen LogP contribution in [0.1, 0.15) is 31.2 Å². The lowest BCUT2D eigenvalue weighted by atomic mass is 9.91. The van der Waals surface area contributed by atoms with Gasteiger partial charge in [-0.25, -0.2) is 14.3 Å². The minimum absolute atomic E-state index is 0.138. The van der Waals surface area contributed by atoms with Gasteiger partial charge in [0, 0.05) is 25.2 Å². The van der Waals surface area contributed by atoms with Gasteiger partial charge in [0.2, 0.25) is 5.91 Å². The van der Waals surface area contributed by atoms with Crippen LogP contribution in [0.3, 0.4) is 0 Å². The number of rotatable bonds is 5. The second kappa shape index (κ2) is 8.16. The van der Waals surface area contributed by atoms with E-state index in [1.165, 1.54) is 17.1 Å². The van der Waals surface area contributed by atoms with Gasteiger partial charge in [0.05, 0.1) is 35.9 Å². The standard InChI is InChI=1S/C25H27N7O3/c1-17-12-27-31(14-17)19-3-2-4-20(11-19)32-22-21(13-28-32)24(34)30(16-26-22)15-25(35)7-9-29(10-8-25)23(33)18-5-6-18/h2-4,11-14,16,18,35H,5-10,15H2,1H3. The third-order valence-corrected chi connectivity index (χ3v) is 7.00. The van der Waals surface area contributed by atoms with Crippen molar-refractivity contribution < 1.29 is 9.90 Å². The molecule has 0 bridgehead atoms. The number of piperidine rings is 1. The lowest BCUT2D eigenvalue weighted by Gasteiger charge is -2.38. The van der Waals surface area contributed by atoms with E-state index >= 15 is 0 Å². The number of amides is 1. The molecule has 2 fully saturated rings. The van der Waals surface area contributed by atoms with E-state index in [1.54, 1.807) is 15.6 Å². The molecule has 6 rings (SSSR count). The zero-order valence-corrected chi connectivity index (χ0v) is 19.5. The maximum atomic E-state index is 13.2. The largest absolute Gasteiger partial charge is 0.388 e. The fourth-order valence-electron chi connectivity index (χ4n) is 4.78. The molecule has 0 radical (unpaired) electrons. The highest BCUT2D eigenvalue weighted by Crippen LogP contribution is 2.33. The van der Waals surface area contributed by atoms with Crippen LogP contribution in [0, 0.1) is 12.8 Å². The van der Waals surface area contributed by atoms with Crippen molar-refractivity contribution in [2.75, 3.05) is 13.1 Å². The summed E-state index contributed by atoms with van der Waals surface area (Å²) in [7, 11) is 0. The van der Waals surface area contributed by atoms with Crippen molar-refractivity contribution >= 4 is 16.9 Å². The van der Waals surface area contributed by atoms with Crippen LogP contribution < -0.4 is 5.56 Å². The van der Waals surface area contributed by atoms with Crippen LogP contribution in [0.2, 0.25) is 0 Å². The van der Waals surface area contributed by atoms with Gasteiger partial charge in [0.25, 0.3) is 5.56 Å². The van der Waals surface area contributed by atoms with Gasteiger partial charge < -0.3 is 10.0 Å². The van der Waals surface area contributed by atoms with Gasteiger partial charge in [-0.2, -0.15) is 10.2 Å². The molecule has 1 saturated carbocycles. The van der Waals surface area contributed by atoms with E-state index in [0.29, 0.717) is 37.0 Å². The zero-order chi connectivity index (χ0) is 24.2. The number of aryl methyl sites for hydroxylation is 1. The summed E-state index contributed by atoms with van der Waals surface area (Å²) in [5, 5.41) is 20.3. The SMILES string of the molecule is Cc1cnn(-c2cccc(-n3ncc4c(=O)n(CC5(O)CCN(C(=O)C6CC6)CC5)cnc43)c2)c1. The highest BCUT2D eigenvalue weighted by Gasteiger charge is 2.39. The van der Waals surface area contributed by atoms with Crippen LogP contribution >= 0.6 is 0 Å². The minimum Gasteiger partial charge on any atom is -0.388 e. The molecule has 180 valence electrons. The van der Waals surface area contributed by atoms with E-state index < -0.39 is 5.60 Å². The number of benzene rings is 1. The Morgan fingerprint density at radius 2 is 1.91 bits per heavy atom. The second-order valence-electron chi connectivity index (χ2n) is 9.78. The normalized spacial score (nSPS) is 17.7. The predicted molar refractivity (Wildman–Crippen MR) is 128 cm³/mol. The van der Waals surface area contributed by atoms with Crippen molar-refractivity contribution in [1.29, 1.82) is 0 Å². The first kappa shape index (κ1) is 21.7. The van der Waals surface area contributed by atoms with Gasteiger partial charge in [0.1, 0.15) is 11.7 Å². The summed E-state index contributed by atoms with van der Waals surface area (Å²) in [6.45, 7) is 3.15. The van der Waals surface area contributed by atoms with E-state index in [1.807, 2.05) is 42.3 Å². The Morgan fingerprint density at radius 1 is 1.14 bits per heavy atom. The summed E-state index contributed by atoms with van der Waals surface area (Å²) in [4.78, 5) is 31.9. The number of likely N-dealkylation sites (tertiary alicyclic amines) is 1. The molecule has 0 spiro atoms. The van der Waals surface area contributed by atoms with Gasteiger partial charge in [-0.3, -0.25) is 14.2 Å². The molecule has 1 aliphatic heterocycles. The van der Waals surface area contributed by atoms with E-state index in [4.69, 9.17) is 0 Å². The number of hydrogen-bond donors (Lipinski definition) is 1. The Labute approximate surface area is 201 Å². The Hall–Kier alpha value is -3.79. The van der Waals surface area contributed by atoms with Crippen molar-refractivity contribution in [3.8, 4) is 11.4 Å². The molecular formula is C25H27N7O3. The minimum atomic E-state index is -1.05. The van der Waals surface area contributed by atoms with E-state index in [2.05, 4.69) is 15.2 Å². The molecule has 0 unspecified atom stereocenters. The van der Waals surface area contributed by atoms with Gasteiger partial charge in [-0.05, 0) is 56.4 Å². The molecule has 35 heavy (non-hydrogen) atoms. The Bertz CT molecular complexity index is 1470. The highest BCUT2D eigenvalue weighted by molar-refractivity contribution is 5.81. The fraction of sp³-hybridized carbons (Fsp3) is 0.400. The van der Waals surface area contributed by atoms with Crippen LogP contribution in [0.5, 0.6) is 0 Å². The molecule has 2 aliphatic rings. The lowest BCUT2D eigenvalue weighted by molar-refractivity contribution is -0.137. The average Bonchev–Trinajstić information content (AvgIpc) is 3.47. The molecule has 1 aliphatic carbocycles. The summed E-state index contributed by atoms with van der Waals surface area (Å²) >= 11 is 0. The number of carbonyl (C=O) groups excluding carboxylic acids is 1. The molecule has 4 heterocycles. The van der Waals surface area contributed by atoms with E-state index in [0.717, 1.165) is 29.8 Å². The van der Waals surface area contributed by atoms with Crippen molar-refractivity contribution in [3.63, 3.8) is 0 Å². The fourth-order valence-corrected chi connectivity index (χ4v) is 4.78. The van der Waals surface area contributed by atoms with Crippen LogP contribution in [-0.4, -0.2) is 63.7 Å². The summed E-state index contributed by atoms with van der Waals surface area (Å²) < 4.78 is 4.88. The first-order chi connectivity index (χ1) is 16.9. The second-order valence-corrected chi connectivity index (χ2v) is 9.78. The maximum absolute atomic E-state index is 13.2. The predicted octanol–water partition coefficient (Wildman–Crippen LogP) is 1.84. The number of carbonyl (C=O) groups is 1. The Balaban J connectivity index is 1.24. The molecule has 3 aromatic heterocycles. The first-order valence-electron chi connectivity index (χ1n) is 12.0. The first-order valence-corrected chi connectivity index (χ1v) is 12.0. The van der Waals surface area contributed by atoms with Crippen molar-refractivity contribution in [1.82, 2.24) is 34.0 Å². The molecule has 1 aromatic carbocycles. The molecule has 1 N–H and O–H groups in total. The molecule has 1 amide bonds. The van der Waals surface area contributed by atoms with Crippen molar-refractivity contribution in [3.05, 3.63) is 65.1 Å². The number of fused-ring (bicyclic) bond motifs is 1. The smallest absolute Gasteiger partial charge is 0.264 e. The third kappa shape index (κ3) is 4.03. The van der Waals surface area contributed by atoms with Crippen LogP contribution in [0.25, 0.3) is 22.4 Å². The molecule has 4 aromatic rings. The topological polar surface area (TPSA) is 111 Å². The molecular weight excluding hydrogens is 446 g/mol. The number of aliphatic hydroxyl groups is 1. The van der Waals surface area contributed by atoms with Crippen LogP contribution in [0.15, 0.2) is 54.0 Å². The van der Waals surface area contributed by atoms with E-state index in [9.17, 15) is 14.7 Å². The highest BCUT2D eigenvalue weighted by atomic mass is 16.3. The van der Waals surface area contributed by atoms with Crippen molar-refractivity contribution in [2.24, 2.45) is 5.92 Å². The monoisotopic (exact) mass is 473 g/mol. The number of aromatic nitrogens is 6. The number of hydrogen-bond acceptors (Lipinski definition) is 6. The summed E-state index contributed by atoms with van der Waals surface area (Å²) in [6, 6.07) is 7.70. The maximum Gasteiger partial charge on any atom is 0.264 e. The van der Waals surface area contributed by atoms with Crippen molar-refractivity contribution in [2.45, 2.75) is 44.8 Å². The quantitative estimate of drug-likeness (QED) is 0.474. The van der Waals surface area contributed by atoms with Gasteiger partial charge >= 0.3 is 0 Å². The third-order valence-electron chi connectivity index (χ3n) is 7.00. The number of nitrogens with zero attached hydrogens (tertiary/aromatic N) is 7. The van der Waals surface area contributed by atoms with Crippen LogP contribution in [0.4, 0.5) is 0 Å². The average molecular weight is 474 g/mol. The summed E-state index contributed by atoms with van der Waals surface area (Å²) in [5.41, 5.74) is 1.86.